The predicted molar refractivity (Wildman–Crippen MR) is 149 cm³/mol. The summed E-state index contributed by atoms with van der Waals surface area (Å²) in [6.45, 7) is 12.5. The van der Waals surface area contributed by atoms with Gasteiger partial charge in [0.1, 0.15) is 11.5 Å². The Balaban J connectivity index is 1.90. The number of unbranched alkanes of at least 4 members (excludes halogenated alkanes) is 4. The van der Waals surface area contributed by atoms with Crippen LogP contribution in [0.3, 0.4) is 0 Å². The standard InChI is InChI=1S/C30H45O7P/c1-6-8-10-12-23-19-26(31)28(25-18-22(5)13-14-24(25)21(3)4)27(20-23)36-29(32)30(15-16-30)37-38(33,34)35-17-11-9-7-2/h18-20,24-25,31H,3,6-17H2,1-2,4-5H3,(H,33,34)/t24-,25+/m0/s1. The Morgan fingerprint density at radius 2 is 1.84 bits per heavy atom. The molecule has 7 nitrogen and oxygen atoms in total. The van der Waals surface area contributed by atoms with Crippen LogP contribution in [0.1, 0.15) is 109 Å². The van der Waals surface area contributed by atoms with E-state index in [1.165, 1.54) is 5.57 Å². The molecule has 0 saturated heterocycles. The highest BCUT2D eigenvalue weighted by atomic mass is 31.2. The van der Waals surface area contributed by atoms with Crippen molar-refractivity contribution < 1.29 is 33.1 Å². The van der Waals surface area contributed by atoms with Crippen molar-refractivity contribution in [2.75, 3.05) is 6.61 Å². The molecule has 2 aliphatic carbocycles. The quantitative estimate of drug-likeness (QED) is 0.0755. The number of esters is 1. The number of phosphoric acid groups is 1. The summed E-state index contributed by atoms with van der Waals surface area (Å²) in [5.41, 5.74) is 2.12. The lowest BCUT2D eigenvalue weighted by Gasteiger charge is -2.32. The number of phosphoric ester groups is 1. The Labute approximate surface area is 227 Å². The number of phenols is 1. The zero-order chi connectivity index (χ0) is 27.9. The number of ether oxygens (including phenoxy) is 1. The van der Waals surface area contributed by atoms with E-state index in [2.05, 4.69) is 26.5 Å². The average Bonchev–Trinajstić information content (AvgIpc) is 3.61. The van der Waals surface area contributed by atoms with E-state index in [1.807, 2.05) is 19.9 Å². The lowest BCUT2D eigenvalue weighted by Crippen LogP contribution is -2.31. The third-order valence-electron chi connectivity index (χ3n) is 7.53. The highest BCUT2D eigenvalue weighted by Crippen LogP contribution is 2.56. The predicted octanol–water partition coefficient (Wildman–Crippen LogP) is 7.90. The normalized spacial score (nSPS) is 21.9. The maximum absolute atomic E-state index is 13.4. The Morgan fingerprint density at radius 3 is 2.47 bits per heavy atom. The van der Waals surface area contributed by atoms with Gasteiger partial charge >= 0.3 is 13.8 Å². The van der Waals surface area contributed by atoms with Gasteiger partial charge in [0.2, 0.25) is 0 Å². The van der Waals surface area contributed by atoms with Crippen LogP contribution < -0.4 is 4.74 Å². The van der Waals surface area contributed by atoms with Crippen molar-refractivity contribution in [1.82, 2.24) is 0 Å². The van der Waals surface area contributed by atoms with Crippen LogP contribution in [-0.4, -0.2) is 28.2 Å². The smallest absolute Gasteiger partial charge is 0.473 e. The molecule has 2 N–H and O–H groups in total. The molecule has 0 radical (unpaired) electrons. The second-order valence-corrected chi connectivity index (χ2v) is 12.4. The molecular weight excluding hydrogens is 503 g/mol. The number of benzene rings is 1. The molecule has 1 aromatic rings. The van der Waals surface area contributed by atoms with E-state index < -0.39 is 19.4 Å². The van der Waals surface area contributed by atoms with Gasteiger partial charge in [-0.1, -0.05) is 63.3 Å². The van der Waals surface area contributed by atoms with Crippen LogP contribution in [0.25, 0.3) is 0 Å². The zero-order valence-electron chi connectivity index (χ0n) is 23.5. The number of aromatic hydroxyl groups is 1. The molecule has 38 heavy (non-hydrogen) atoms. The fraction of sp³-hybridized carbons (Fsp3) is 0.633. The molecule has 0 amide bonds. The van der Waals surface area contributed by atoms with Gasteiger partial charge in [0.25, 0.3) is 0 Å². The van der Waals surface area contributed by atoms with Crippen LogP contribution in [0.15, 0.2) is 35.9 Å². The molecular formula is C30H45O7P. The minimum Gasteiger partial charge on any atom is -0.507 e. The molecule has 2 aliphatic rings. The molecule has 1 unspecified atom stereocenters. The van der Waals surface area contributed by atoms with Crippen LogP contribution in [0.5, 0.6) is 11.5 Å². The number of allylic oxidation sites excluding steroid dienone is 3. The lowest BCUT2D eigenvalue weighted by atomic mass is 9.73. The highest BCUT2D eigenvalue weighted by Gasteiger charge is 2.58. The van der Waals surface area contributed by atoms with E-state index in [0.717, 1.165) is 62.5 Å². The summed E-state index contributed by atoms with van der Waals surface area (Å²) in [6, 6.07) is 3.59. The first kappa shape index (κ1) is 30.6. The second kappa shape index (κ2) is 13.4. The van der Waals surface area contributed by atoms with Crippen molar-refractivity contribution in [3.05, 3.63) is 47.1 Å². The summed E-state index contributed by atoms with van der Waals surface area (Å²) in [4.78, 5) is 23.6. The number of hydrogen-bond donors (Lipinski definition) is 2. The molecule has 0 aliphatic heterocycles. The number of hydrogen-bond acceptors (Lipinski definition) is 6. The summed E-state index contributed by atoms with van der Waals surface area (Å²) in [7, 11) is -4.43. The van der Waals surface area contributed by atoms with Gasteiger partial charge in [-0.05, 0) is 82.4 Å². The highest BCUT2D eigenvalue weighted by molar-refractivity contribution is 7.47. The van der Waals surface area contributed by atoms with E-state index in [4.69, 9.17) is 13.8 Å². The molecule has 0 bridgehead atoms. The van der Waals surface area contributed by atoms with Gasteiger partial charge in [-0.25, -0.2) is 9.36 Å². The summed E-state index contributed by atoms with van der Waals surface area (Å²) in [6.07, 6.45) is 10.8. The molecule has 8 heteroatoms. The number of aryl methyl sites for hydroxylation is 1. The third kappa shape index (κ3) is 8.05. The van der Waals surface area contributed by atoms with Gasteiger partial charge in [0.15, 0.2) is 5.60 Å². The van der Waals surface area contributed by atoms with Gasteiger partial charge in [0, 0.05) is 11.5 Å². The Hall–Kier alpha value is -1.92. The second-order valence-electron chi connectivity index (χ2n) is 11.0. The Bertz CT molecular complexity index is 1070. The topological polar surface area (TPSA) is 102 Å². The molecule has 0 aromatic heterocycles. The van der Waals surface area contributed by atoms with Crippen LogP contribution in [0, 0.1) is 5.92 Å². The van der Waals surface area contributed by atoms with E-state index in [1.54, 1.807) is 6.07 Å². The van der Waals surface area contributed by atoms with E-state index in [0.29, 0.717) is 12.0 Å². The van der Waals surface area contributed by atoms with E-state index in [9.17, 15) is 19.4 Å². The average molecular weight is 549 g/mol. The van der Waals surface area contributed by atoms with Gasteiger partial charge in [-0.3, -0.25) is 9.05 Å². The molecule has 3 atom stereocenters. The molecule has 0 heterocycles. The summed E-state index contributed by atoms with van der Waals surface area (Å²) in [5, 5.41) is 11.2. The van der Waals surface area contributed by atoms with Crippen molar-refractivity contribution >= 4 is 13.8 Å². The SMILES string of the molecule is C=C(C)[C@@H]1CCC(C)=C[C@H]1c1c(O)cc(CCCCC)cc1OC(=O)C1(OP(=O)(O)OCCCCC)CC1. The molecule has 212 valence electrons. The number of carbonyl (C=O) groups excluding carboxylic acids is 1. The first-order valence-corrected chi connectivity index (χ1v) is 15.6. The fourth-order valence-electron chi connectivity index (χ4n) is 5.13. The van der Waals surface area contributed by atoms with Crippen molar-refractivity contribution in [3.63, 3.8) is 0 Å². The van der Waals surface area contributed by atoms with Crippen molar-refractivity contribution in [3.8, 4) is 11.5 Å². The lowest BCUT2D eigenvalue weighted by molar-refractivity contribution is -0.145. The first-order chi connectivity index (χ1) is 18.0. The number of phenolic OH excluding ortho intramolecular Hbond substituents is 1. The minimum atomic E-state index is -4.43. The molecule has 1 aromatic carbocycles. The van der Waals surface area contributed by atoms with Gasteiger partial charge in [-0.2, -0.15) is 0 Å². The summed E-state index contributed by atoms with van der Waals surface area (Å²) >= 11 is 0. The van der Waals surface area contributed by atoms with Crippen molar-refractivity contribution in [2.24, 2.45) is 5.92 Å². The van der Waals surface area contributed by atoms with E-state index >= 15 is 0 Å². The van der Waals surface area contributed by atoms with Crippen molar-refractivity contribution in [2.45, 2.75) is 110 Å². The zero-order valence-corrected chi connectivity index (χ0v) is 24.4. The molecule has 1 fully saturated rings. The van der Waals surface area contributed by atoms with Gasteiger partial charge in [0.05, 0.1) is 6.61 Å². The van der Waals surface area contributed by atoms with Crippen LogP contribution in [0.4, 0.5) is 0 Å². The van der Waals surface area contributed by atoms with Gasteiger partial charge in [-0.15, -0.1) is 0 Å². The molecule has 0 spiro atoms. The van der Waals surface area contributed by atoms with Crippen LogP contribution in [-0.2, 0) is 24.8 Å². The van der Waals surface area contributed by atoms with E-state index in [-0.39, 0.29) is 42.8 Å². The minimum absolute atomic E-state index is 0.0836. The maximum Gasteiger partial charge on any atom is 0.473 e. The summed E-state index contributed by atoms with van der Waals surface area (Å²) < 4.78 is 29.0. The monoisotopic (exact) mass is 548 g/mol. The van der Waals surface area contributed by atoms with Crippen LogP contribution >= 0.6 is 7.82 Å². The maximum atomic E-state index is 13.4. The molecule has 1 saturated carbocycles. The summed E-state index contributed by atoms with van der Waals surface area (Å²) in [5.74, 6) is -0.486. The largest absolute Gasteiger partial charge is 0.507 e. The molecule has 3 rings (SSSR count). The Kier molecular flexibility index (Phi) is 10.8. The third-order valence-corrected chi connectivity index (χ3v) is 8.62. The fourth-order valence-corrected chi connectivity index (χ4v) is 6.25. The van der Waals surface area contributed by atoms with Crippen LogP contribution in [0.2, 0.25) is 0 Å². The first-order valence-electron chi connectivity index (χ1n) is 14.1. The Morgan fingerprint density at radius 1 is 1.16 bits per heavy atom. The number of carbonyl (C=O) groups is 1. The van der Waals surface area contributed by atoms with Crippen molar-refractivity contribution in [1.29, 1.82) is 0 Å². The van der Waals surface area contributed by atoms with Gasteiger partial charge < -0.3 is 14.7 Å². The number of rotatable bonds is 15.